The Kier molecular flexibility index (Phi) is 4.56. The van der Waals surface area contributed by atoms with E-state index >= 15 is 0 Å². The van der Waals surface area contributed by atoms with Crippen LogP contribution in [0.1, 0.15) is 12.5 Å². The lowest BCUT2D eigenvalue weighted by atomic mass is 10.2. The molecule has 2 aromatic rings. The molecule has 2 nitrogen and oxygen atoms in total. The maximum atomic E-state index is 5.88. The molecular weight excluding hydrogens is 240 g/mol. The summed E-state index contributed by atoms with van der Waals surface area (Å²) < 4.78 is 11.4. The predicted molar refractivity (Wildman–Crippen MR) is 74.7 cm³/mol. The molecule has 0 fully saturated rings. The number of hydrogen-bond acceptors (Lipinski definition) is 2. The van der Waals surface area contributed by atoms with Crippen LogP contribution in [0.2, 0.25) is 0 Å². The standard InChI is InChI=1S/C15H16O2Si/c1-3-16-18-15-11-7-10-14(12(15)2)17-13-8-5-4-6-9-13/h4-11H,3H2,1-2H3. The first-order valence-corrected chi connectivity index (χ1v) is 6.92. The average Bonchev–Trinajstić information content (AvgIpc) is 2.41. The summed E-state index contributed by atoms with van der Waals surface area (Å²) in [6.45, 7) is 4.81. The second-order valence-electron chi connectivity index (χ2n) is 3.88. The first-order valence-electron chi connectivity index (χ1n) is 6.01. The highest BCUT2D eigenvalue weighted by atomic mass is 28.2. The largest absolute Gasteiger partial charge is 0.457 e. The van der Waals surface area contributed by atoms with E-state index < -0.39 is 0 Å². The topological polar surface area (TPSA) is 18.5 Å². The Bertz CT molecular complexity index is 497. The molecular formula is C15H16O2Si. The van der Waals surface area contributed by atoms with Crippen molar-refractivity contribution in [3.8, 4) is 11.5 Å². The zero-order valence-electron chi connectivity index (χ0n) is 10.6. The molecule has 2 rings (SSSR count). The van der Waals surface area contributed by atoms with E-state index in [4.69, 9.17) is 9.16 Å². The SMILES string of the molecule is CCO[Si]c1cccc(Oc2ccccc2)c1C. The van der Waals surface area contributed by atoms with Crippen molar-refractivity contribution in [1.82, 2.24) is 0 Å². The lowest BCUT2D eigenvalue weighted by Crippen LogP contribution is -2.20. The van der Waals surface area contributed by atoms with Crippen LogP contribution in [-0.2, 0) is 4.43 Å². The van der Waals surface area contributed by atoms with Crippen LogP contribution < -0.4 is 9.92 Å². The van der Waals surface area contributed by atoms with E-state index in [1.54, 1.807) is 0 Å². The van der Waals surface area contributed by atoms with Gasteiger partial charge in [-0.3, -0.25) is 0 Å². The van der Waals surface area contributed by atoms with E-state index in [2.05, 4.69) is 13.0 Å². The highest BCUT2D eigenvalue weighted by Crippen LogP contribution is 2.23. The summed E-state index contributed by atoms with van der Waals surface area (Å²) in [6, 6.07) is 15.9. The van der Waals surface area contributed by atoms with Crippen molar-refractivity contribution in [2.24, 2.45) is 0 Å². The van der Waals surface area contributed by atoms with Gasteiger partial charge in [0.15, 0.2) is 0 Å². The Hall–Kier alpha value is -1.58. The quantitative estimate of drug-likeness (QED) is 0.765. The van der Waals surface area contributed by atoms with Gasteiger partial charge in [-0.2, -0.15) is 0 Å². The highest BCUT2D eigenvalue weighted by Gasteiger charge is 2.07. The average molecular weight is 256 g/mol. The lowest BCUT2D eigenvalue weighted by molar-refractivity contribution is 0.367. The molecule has 0 amide bonds. The molecule has 0 saturated heterocycles. The molecule has 18 heavy (non-hydrogen) atoms. The van der Waals surface area contributed by atoms with Crippen LogP contribution >= 0.6 is 0 Å². The molecule has 0 saturated carbocycles. The fourth-order valence-electron chi connectivity index (χ4n) is 1.60. The maximum Gasteiger partial charge on any atom is 0.269 e. The van der Waals surface area contributed by atoms with Crippen LogP contribution in [0.5, 0.6) is 11.5 Å². The molecule has 0 aliphatic heterocycles. The van der Waals surface area contributed by atoms with E-state index in [1.807, 2.05) is 49.4 Å². The van der Waals surface area contributed by atoms with Crippen molar-refractivity contribution in [3.63, 3.8) is 0 Å². The Labute approximate surface area is 111 Å². The van der Waals surface area contributed by atoms with Gasteiger partial charge >= 0.3 is 0 Å². The van der Waals surface area contributed by atoms with Crippen molar-refractivity contribution in [2.45, 2.75) is 13.8 Å². The molecule has 0 unspecified atom stereocenters. The van der Waals surface area contributed by atoms with Gasteiger partial charge in [0, 0.05) is 6.61 Å². The van der Waals surface area contributed by atoms with Crippen molar-refractivity contribution in [1.29, 1.82) is 0 Å². The smallest absolute Gasteiger partial charge is 0.269 e. The van der Waals surface area contributed by atoms with E-state index in [0.717, 1.165) is 23.7 Å². The van der Waals surface area contributed by atoms with Crippen molar-refractivity contribution in [2.75, 3.05) is 6.61 Å². The zero-order chi connectivity index (χ0) is 12.8. The molecule has 0 aliphatic rings. The van der Waals surface area contributed by atoms with Crippen LogP contribution in [0.15, 0.2) is 48.5 Å². The third kappa shape index (κ3) is 3.21. The maximum absolute atomic E-state index is 5.88. The predicted octanol–water partition coefficient (Wildman–Crippen LogP) is 3.07. The van der Waals surface area contributed by atoms with E-state index in [0.29, 0.717) is 9.76 Å². The summed E-state index contributed by atoms with van der Waals surface area (Å²) in [5.41, 5.74) is 1.15. The van der Waals surface area contributed by atoms with Gasteiger partial charge in [0.2, 0.25) is 0 Å². The van der Waals surface area contributed by atoms with Gasteiger partial charge in [0.1, 0.15) is 11.5 Å². The van der Waals surface area contributed by atoms with E-state index in [1.165, 1.54) is 5.19 Å². The van der Waals surface area contributed by atoms with Gasteiger partial charge in [0.25, 0.3) is 9.76 Å². The third-order valence-corrected chi connectivity index (χ3v) is 3.78. The highest BCUT2D eigenvalue weighted by molar-refractivity contribution is 6.47. The summed E-state index contributed by atoms with van der Waals surface area (Å²) >= 11 is 0. The fourth-order valence-corrected chi connectivity index (χ4v) is 2.34. The molecule has 0 atom stereocenters. The van der Waals surface area contributed by atoms with Gasteiger partial charge in [-0.25, -0.2) is 0 Å². The molecule has 2 aromatic carbocycles. The zero-order valence-corrected chi connectivity index (χ0v) is 11.6. The minimum Gasteiger partial charge on any atom is -0.457 e. The summed E-state index contributed by atoms with van der Waals surface area (Å²) in [7, 11) is 0.380. The second-order valence-corrected chi connectivity index (χ2v) is 4.91. The summed E-state index contributed by atoms with van der Waals surface area (Å²) in [5, 5.41) is 1.20. The molecule has 0 N–H and O–H groups in total. The Morgan fingerprint density at radius 3 is 2.50 bits per heavy atom. The van der Waals surface area contributed by atoms with E-state index in [-0.39, 0.29) is 0 Å². The van der Waals surface area contributed by atoms with Gasteiger partial charge in [-0.1, -0.05) is 30.3 Å². The number of ether oxygens (including phenoxy) is 1. The van der Waals surface area contributed by atoms with Gasteiger partial charge in [-0.05, 0) is 42.8 Å². The number of benzene rings is 2. The summed E-state index contributed by atoms with van der Waals surface area (Å²) in [4.78, 5) is 0. The van der Waals surface area contributed by atoms with E-state index in [9.17, 15) is 0 Å². The molecule has 0 aromatic heterocycles. The van der Waals surface area contributed by atoms with Crippen LogP contribution in [-0.4, -0.2) is 16.4 Å². The van der Waals surface area contributed by atoms with Crippen LogP contribution in [0.3, 0.4) is 0 Å². The number of para-hydroxylation sites is 1. The van der Waals surface area contributed by atoms with Gasteiger partial charge in [0.05, 0.1) is 0 Å². The van der Waals surface area contributed by atoms with Crippen LogP contribution in [0.25, 0.3) is 0 Å². The molecule has 0 bridgehead atoms. The van der Waals surface area contributed by atoms with Crippen molar-refractivity contribution < 1.29 is 9.16 Å². The fraction of sp³-hybridized carbons (Fsp3) is 0.200. The molecule has 3 heteroatoms. The second kappa shape index (κ2) is 6.38. The minimum atomic E-state index is 0.380. The van der Waals surface area contributed by atoms with Crippen molar-refractivity contribution in [3.05, 3.63) is 54.1 Å². The number of rotatable bonds is 5. The Morgan fingerprint density at radius 1 is 1.00 bits per heavy atom. The molecule has 0 spiro atoms. The first kappa shape index (κ1) is 12.9. The summed E-state index contributed by atoms with van der Waals surface area (Å²) in [6.07, 6.45) is 0. The molecule has 2 radical (unpaired) electrons. The van der Waals surface area contributed by atoms with Crippen molar-refractivity contribution >= 4 is 14.9 Å². The normalized spacial score (nSPS) is 10.3. The minimum absolute atomic E-state index is 0.380. The first-order chi connectivity index (χ1) is 8.81. The van der Waals surface area contributed by atoms with Gasteiger partial charge < -0.3 is 9.16 Å². The third-order valence-electron chi connectivity index (χ3n) is 2.58. The van der Waals surface area contributed by atoms with Crippen LogP contribution in [0.4, 0.5) is 0 Å². The van der Waals surface area contributed by atoms with Crippen LogP contribution in [0, 0.1) is 6.92 Å². The number of hydrogen-bond donors (Lipinski definition) is 0. The monoisotopic (exact) mass is 256 g/mol. The summed E-state index contributed by atoms with van der Waals surface area (Å²) in [5.74, 6) is 1.75. The van der Waals surface area contributed by atoms with Gasteiger partial charge in [-0.15, -0.1) is 0 Å². The molecule has 0 heterocycles. The Balaban J connectivity index is 2.18. The Morgan fingerprint density at radius 2 is 1.78 bits per heavy atom. The lowest BCUT2D eigenvalue weighted by Gasteiger charge is -2.11. The molecule has 0 aliphatic carbocycles. The molecule has 92 valence electrons.